The van der Waals surface area contributed by atoms with Crippen LogP contribution >= 0.6 is 22.6 Å². The van der Waals surface area contributed by atoms with E-state index in [0.717, 1.165) is 0 Å². The van der Waals surface area contributed by atoms with Gasteiger partial charge in [0.25, 0.3) is 5.69 Å². The van der Waals surface area contributed by atoms with Gasteiger partial charge in [-0.1, -0.05) is 0 Å². The molecule has 18 heavy (non-hydrogen) atoms. The molecule has 1 atom stereocenters. The number of anilines is 1. The third-order valence-electron chi connectivity index (χ3n) is 2.18. The van der Waals surface area contributed by atoms with Gasteiger partial charge in [0.15, 0.2) is 0 Å². The number of nitro groups is 1. The van der Waals surface area contributed by atoms with Gasteiger partial charge in [-0.2, -0.15) is 0 Å². The number of nitrogens with one attached hydrogen (secondary N) is 1. The lowest BCUT2D eigenvalue weighted by molar-refractivity contribution is -0.384. The highest BCUT2D eigenvalue weighted by Crippen LogP contribution is 2.24. The first kappa shape index (κ1) is 14.7. The van der Waals surface area contributed by atoms with Crippen LogP contribution in [0.3, 0.4) is 0 Å². The van der Waals surface area contributed by atoms with E-state index in [-0.39, 0.29) is 11.7 Å². The highest BCUT2D eigenvalue weighted by molar-refractivity contribution is 14.1. The fourth-order valence-corrected chi connectivity index (χ4v) is 1.95. The summed E-state index contributed by atoms with van der Waals surface area (Å²) in [7, 11) is 0. The summed E-state index contributed by atoms with van der Waals surface area (Å²) in [6.45, 7) is 3.73. The van der Waals surface area contributed by atoms with Gasteiger partial charge < -0.3 is 10.1 Å². The summed E-state index contributed by atoms with van der Waals surface area (Å²) in [4.78, 5) is 21.6. The molecule has 1 aromatic rings. The van der Waals surface area contributed by atoms with Crippen molar-refractivity contribution in [3.63, 3.8) is 0 Å². The van der Waals surface area contributed by atoms with E-state index in [1.807, 2.05) is 22.6 Å². The van der Waals surface area contributed by atoms with Gasteiger partial charge in [0.1, 0.15) is 6.04 Å². The van der Waals surface area contributed by atoms with E-state index in [1.54, 1.807) is 19.9 Å². The van der Waals surface area contributed by atoms with Crippen molar-refractivity contribution in [3.05, 3.63) is 31.9 Å². The molecule has 0 saturated heterocycles. The number of ether oxygens (including phenoxy) is 1. The summed E-state index contributed by atoms with van der Waals surface area (Å²) in [6.07, 6.45) is 0. The van der Waals surface area contributed by atoms with Crippen molar-refractivity contribution in [3.8, 4) is 0 Å². The van der Waals surface area contributed by atoms with Crippen LogP contribution < -0.4 is 5.32 Å². The maximum atomic E-state index is 11.4. The molecule has 7 heteroatoms. The molecule has 98 valence electrons. The lowest BCUT2D eigenvalue weighted by Gasteiger charge is -2.14. The highest BCUT2D eigenvalue weighted by atomic mass is 127. The second-order valence-corrected chi connectivity index (χ2v) is 4.70. The quantitative estimate of drug-likeness (QED) is 0.376. The molecular weight excluding hydrogens is 351 g/mol. The zero-order chi connectivity index (χ0) is 13.7. The van der Waals surface area contributed by atoms with Crippen LogP contribution in [0.4, 0.5) is 11.4 Å². The van der Waals surface area contributed by atoms with E-state index < -0.39 is 11.0 Å². The third-order valence-corrected chi connectivity index (χ3v) is 3.07. The van der Waals surface area contributed by atoms with Gasteiger partial charge in [-0.05, 0) is 42.5 Å². The fourth-order valence-electron chi connectivity index (χ4n) is 1.29. The summed E-state index contributed by atoms with van der Waals surface area (Å²) in [5, 5.41) is 13.5. The lowest BCUT2D eigenvalue weighted by atomic mass is 10.2. The van der Waals surface area contributed by atoms with Crippen molar-refractivity contribution >= 4 is 39.9 Å². The molecule has 1 aromatic carbocycles. The maximum absolute atomic E-state index is 11.4. The molecule has 0 aliphatic carbocycles. The smallest absolute Gasteiger partial charge is 0.328 e. The van der Waals surface area contributed by atoms with E-state index in [4.69, 9.17) is 4.74 Å². The van der Waals surface area contributed by atoms with Crippen LogP contribution in [-0.4, -0.2) is 23.5 Å². The van der Waals surface area contributed by atoms with Crippen LogP contribution in [0.15, 0.2) is 18.2 Å². The molecule has 0 aliphatic heterocycles. The number of nitrogens with zero attached hydrogens (tertiary/aromatic N) is 1. The molecule has 1 rings (SSSR count). The molecule has 6 nitrogen and oxygen atoms in total. The van der Waals surface area contributed by atoms with Crippen LogP contribution in [0.1, 0.15) is 13.8 Å². The standard InChI is InChI=1S/C11H13IN2O4/c1-3-18-11(15)7(2)13-10-5-4-8(14(16)17)6-9(10)12/h4-7,13H,3H2,1-2H3. The SMILES string of the molecule is CCOC(=O)C(C)Nc1ccc([N+](=O)[O-])cc1I. The predicted octanol–water partition coefficient (Wildman–Crippen LogP) is 2.56. The first-order valence-electron chi connectivity index (χ1n) is 5.32. The number of hydrogen-bond acceptors (Lipinski definition) is 5. The number of halogens is 1. The monoisotopic (exact) mass is 364 g/mol. The second-order valence-electron chi connectivity index (χ2n) is 3.54. The minimum absolute atomic E-state index is 0.0220. The first-order valence-corrected chi connectivity index (χ1v) is 6.40. The van der Waals surface area contributed by atoms with Gasteiger partial charge in [-0.3, -0.25) is 10.1 Å². The second kappa shape index (κ2) is 6.53. The molecule has 0 spiro atoms. The van der Waals surface area contributed by atoms with E-state index in [0.29, 0.717) is 15.9 Å². The first-order chi connectivity index (χ1) is 8.45. The van der Waals surface area contributed by atoms with E-state index in [2.05, 4.69) is 5.32 Å². The minimum atomic E-state index is -0.500. The zero-order valence-electron chi connectivity index (χ0n) is 9.97. The topological polar surface area (TPSA) is 81.5 Å². The highest BCUT2D eigenvalue weighted by Gasteiger charge is 2.16. The molecule has 1 N–H and O–H groups in total. The molecule has 0 aromatic heterocycles. The van der Waals surface area contributed by atoms with Gasteiger partial charge in [0, 0.05) is 21.4 Å². The zero-order valence-corrected chi connectivity index (χ0v) is 12.1. The molecular formula is C11H13IN2O4. The van der Waals surface area contributed by atoms with Gasteiger partial charge in [0.05, 0.1) is 11.5 Å². The fraction of sp³-hybridized carbons (Fsp3) is 0.364. The van der Waals surface area contributed by atoms with Crippen LogP contribution in [0.25, 0.3) is 0 Å². The van der Waals surface area contributed by atoms with Crippen LogP contribution in [0.5, 0.6) is 0 Å². The summed E-state index contributed by atoms with van der Waals surface area (Å²) in [5.74, 6) is -0.355. The average Bonchev–Trinajstić information content (AvgIpc) is 2.31. The van der Waals surface area contributed by atoms with Crippen molar-refractivity contribution < 1.29 is 14.5 Å². The summed E-state index contributed by atoms with van der Waals surface area (Å²) in [6, 6.07) is 3.92. The van der Waals surface area contributed by atoms with Crippen molar-refractivity contribution in [1.29, 1.82) is 0 Å². The van der Waals surface area contributed by atoms with E-state index in [9.17, 15) is 14.9 Å². The molecule has 0 radical (unpaired) electrons. The predicted molar refractivity (Wildman–Crippen MR) is 75.5 cm³/mol. The number of benzene rings is 1. The molecule has 1 unspecified atom stereocenters. The Morgan fingerprint density at radius 3 is 2.78 bits per heavy atom. The minimum Gasteiger partial charge on any atom is -0.464 e. The Bertz CT molecular complexity index is 464. The Kier molecular flexibility index (Phi) is 5.32. The Morgan fingerprint density at radius 2 is 2.28 bits per heavy atom. The number of nitro benzene ring substituents is 1. The number of rotatable bonds is 5. The van der Waals surface area contributed by atoms with Gasteiger partial charge in [0.2, 0.25) is 0 Å². The van der Waals surface area contributed by atoms with E-state index in [1.165, 1.54) is 12.1 Å². The van der Waals surface area contributed by atoms with Gasteiger partial charge in [-0.15, -0.1) is 0 Å². The number of hydrogen-bond donors (Lipinski definition) is 1. The molecule has 0 bridgehead atoms. The summed E-state index contributed by atoms with van der Waals surface area (Å²) < 4.78 is 5.54. The third kappa shape index (κ3) is 3.83. The van der Waals surface area contributed by atoms with Crippen LogP contribution in [-0.2, 0) is 9.53 Å². The largest absolute Gasteiger partial charge is 0.464 e. The number of esters is 1. The molecule has 0 saturated carbocycles. The van der Waals surface area contributed by atoms with Crippen LogP contribution in [0.2, 0.25) is 0 Å². The van der Waals surface area contributed by atoms with Crippen molar-refractivity contribution in [2.24, 2.45) is 0 Å². The Labute approximate surface area is 118 Å². The Hall–Kier alpha value is -1.38. The van der Waals surface area contributed by atoms with Crippen molar-refractivity contribution in [2.75, 3.05) is 11.9 Å². The van der Waals surface area contributed by atoms with Crippen molar-refractivity contribution in [2.45, 2.75) is 19.9 Å². The Morgan fingerprint density at radius 1 is 1.61 bits per heavy atom. The maximum Gasteiger partial charge on any atom is 0.328 e. The summed E-state index contributed by atoms with van der Waals surface area (Å²) >= 11 is 1.98. The summed E-state index contributed by atoms with van der Waals surface area (Å²) in [5.41, 5.74) is 0.690. The van der Waals surface area contributed by atoms with E-state index >= 15 is 0 Å². The molecule has 0 amide bonds. The number of carbonyl (C=O) groups is 1. The molecule has 0 fully saturated rings. The lowest BCUT2D eigenvalue weighted by Crippen LogP contribution is -2.28. The van der Waals surface area contributed by atoms with Gasteiger partial charge in [-0.25, -0.2) is 4.79 Å². The molecule has 0 aliphatic rings. The number of non-ortho nitro benzene ring substituents is 1. The van der Waals surface area contributed by atoms with Crippen LogP contribution in [0, 0.1) is 13.7 Å². The van der Waals surface area contributed by atoms with Crippen molar-refractivity contribution in [1.82, 2.24) is 0 Å². The normalized spacial score (nSPS) is 11.7. The molecule has 0 heterocycles. The Balaban J connectivity index is 2.79. The van der Waals surface area contributed by atoms with Gasteiger partial charge >= 0.3 is 5.97 Å². The average molecular weight is 364 g/mol. The number of carbonyl (C=O) groups excluding carboxylic acids is 1.